The van der Waals surface area contributed by atoms with Crippen LogP contribution in [0.3, 0.4) is 0 Å². The lowest BCUT2D eigenvalue weighted by atomic mass is 10.2. The van der Waals surface area contributed by atoms with E-state index < -0.39 is 9.84 Å². The molecule has 1 heterocycles. The lowest BCUT2D eigenvalue weighted by Crippen LogP contribution is -2.20. The molecule has 16 heavy (non-hydrogen) atoms. The van der Waals surface area contributed by atoms with E-state index in [9.17, 15) is 8.42 Å². The topological polar surface area (TPSA) is 46.2 Å². The van der Waals surface area contributed by atoms with Crippen LogP contribution in [0.25, 0.3) is 0 Å². The molecule has 1 unspecified atom stereocenters. The first-order valence-corrected chi connectivity index (χ1v) is 8.09. The monoisotopic (exact) mass is 351 g/mol. The van der Waals surface area contributed by atoms with E-state index in [0.717, 1.165) is 5.69 Å². The maximum absolute atomic E-state index is 11.3. The molecule has 0 bridgehead atoms. The van der Waals surface area contributed by atoms with Crippen molar-refractivity contribution in [1.82, 2.24) is 0 Å². The number of aryl methyl sites for hydroxylation is 1. The van der Waals surface area contributed by atoms with Crippen LogP contribution in [0.4, 0.5) is 5.69 Å². The Morgan fingerprint density at radius 3 is 2.75 bits per heavy atom. The Balaban J connectivity index is 2.08. The fraction of sp³-hybridized carbons (Fsp3) is 0.455. The maximum Gasteiger partial charge on any atom is 0.152 e. The largest absolute Gasteiger partial charge is 0.381 e. The van der Waals surface area contributed by atoms with Gasteiger partial charge in [0, 0.05) is 15.3 Å². The summed E-state index contributed by atoms with van der Waals surface area (Å²) in [6.45, 7) is 2.06. The minimum absolute atomic E-state index is 0.0727. The van der Waals surface area contributed by atoms with Crippen molar-refractivity contribution in [2.75, 3.05) is 16.8 Å². The Hall–Kier alpha value is -0.300. The van der Waals surface area contributed by atoms with Crippen LogP contribution in [0.5, 0.6) is 0 Å². The van der Waals surface area contributed by atoms with E-state index in [1.165, 1.54) is 9.13 Å². The summed E-state index contributed by atoms with van der Waals surface area (Å²) >= 11 is 2.29. The standard InChI is InChI=1S/C11H14INO2S/c1-8-2-3-9(6-11(8)12)13-10-4-5-16(14,15)7-10/h2-3,6,10,13H,4-5,7H2,1H3. The lowest BCUT2D eigenvalue weighted by Gasteiger charge is -2.13. The highest BCUT2D eigenvalue weighted by atomic mass is 127. The smallest absolute Gasteiger partial charge is 0.152 e. The zero-order valence-corrected chi connectivity index (χ0v) is 12.0. The third-order valence-corrected chi connectivity index (χ3v) is 5.71. The number of rotatable bonds is 2. The maximum atomic E-state index is 11.3. The summed E-state index contributed by atoms with van der Waals surface area (Å²) in [4.78, 5) is 0. The van der Waals surface area contributed by atoms with E-state index in [2.05, 4.69) is 40.9 Å². The summed E-state index contributed by atoms with van der Waals surface area (Å²) in [7, 11) is -2.80. The summed E-state index contributed by atoms with van der Waals surface area (Å²) in [6, 6.07) is 6.18. The Morgan fingerprint density at radius 2 is 2.19 bits per heavy atom. The lowest BCUT2D eigenvalue weighted by molar-refractivity contribution is 0.602. The van der Waals surface area contributed by atoms with Crippen molar-refractivity contribution in [2.24, 2.45) is 0 Å². The van der Waals surface area contributed by atoms with Crippen molar-refractivity contribution < 1.29 is 8.42 Å². The number of hydrogen-bond acceptors (Lipinski definition) is 3. The van der Waals surface area contributed by atoms with Crippen LogP contribution in [0.2, 0.25) is 0 Å². The van der Waals surface area contributed by atoms with Gasteiger partial charge >= 0.3 is 0 Å². The van der Waals surface area contributed by atoms with Gasteiger partial charge in [0.25, 0.3) is 0 Å². The average Bonchev–Trinajstić information content (AvgIpc) is 2.52. The van der Waals surface area contributed by atoms with Crippen LogP contribution < -0.4 is 5.32 Å². The van der Waals surface area contributed by atoms with E-state index in [4.69, 9.17) is 0 Å². The molecule has 3 nitrogen and oxygen atoms in total. The summed E-state index contributed by atoms with van der Waals surface area (Å²) in [5.41, 5.74) is 2.25. The number of hydrogen-bond donors (Lipinski definition) is 1. The molecule has 1 aliphatic rings. The second-order valence-corrected chi connectivity index (χ2v) is 7.60. The quantitative estimate of drug-likeness (QED) is 0.831. The number of sulfone groups is 1. The molecule has 5 heteroatoms. The van der Waals surface area contributed by atoms with Gasteiger partial charge in [-0.1, -0.05) is 6.07 Å². The average molecular weight is 351 g/mol. The highest BCUT2D eigenvalue weighted by molar-refractivity contribution is 14.1. The molecule has 1 atom stereocenters. The second kappa shape index (κ2) is 4.52. The van der Waals surface area contributed by atoms with Crippen molar-refractivity contribution in [2.45, 2.75) is 19.4 Å². The van der Waals surface area contributed by atoms with Gasteiger partial charge in [-0.2, -0.15) is 0 Å². The zero-order chi connectivity index (χ0) is 11.8. The predicted molar refractivity (Wildman–Crippen MR) is 74.6 cm³/mol. The Kier molecular flexibility index (Phi) is 3.44. The van der Waals surface area contributed by atoms with Gasteiger partial charge in [-0.25, -0.2) is 8.42 Å². The van der Waals surface area contributed by atoms with Crippen molar-refractivity contribution >= 4 is 38.1 Å². The minimum Gasteiger partial charge on any atom is -0.381 e. The molecule has 0 saturated carbocycles. The van der Waals surface area contributed by atoms with E-state index in [0.29, 0.717) is 12.2 Å². The molecule has 0 radical (unpaired) electrons. The molecular formula is C11H14INO2S. The molecule has 1 aromatic rings. The van der Waals surface area contributed by atoms with Gasteiger partial charge in [-0.15, -0.1) is 0 Å². The molecule has 1 saturated heterocycles. The first-order valence-electron chi connectivity index (χ1n) is 5.19. The third kappa shape index (κ3) is 2.88. The van der Waals surface area contributed by atoms with Crippen LogP contribution >= 0.6 is 22.6 Å². The summed E-state index contributed by atoms with van der Waals surface area (Å²) in [6.07, 6.45) is 0.715. The van der Waals surface area contributed by atoms with E-state index >= 15 is 0 Å². The molecule has 1 fully saturated rings. The Bertz CT molecular complexity index is 499. The molecule has 1 aromatic carbocycles. The predicted octanol–water partition coefficient (Wildman–Crippen LogP) is 2.20. The van der Waals surface area contributed by atoms with Gasteiger partial charge in [0.2, 0.25) is 0 Å². The van der Waals surface area contributed by atoms with Crippen molar-refractivity contribution in [3.05, 3.63) is 27.3 Å². The van der Waals surface area contributed by atoms with E-state index in [1.807, 2.05) is 12.1 Å². The van der Waals surface area contributed by atoms with Crippen molar-refractivity contribution in [3.63, 3.8) is 0 Å². The number of halogens is 1. The molecule has 1 N–H and O–H groups in total. The van der Waals surface area contributed by atoms with Crippen LogP contribution in [-0.4, -0.2) is 26.0 Å². The molecular weight excluding hydrogens is 337 g/mol. The normalized spacial score (nSPS) is 23.2. The number of benzene rings is 1. The van der Waals surface area contributed by atoms with Crippen LogP contribution in [0.15, 0.2) is 18.2 Å². The molecule has 0 amide bonds. The summed E-state index contributed by atoms with van der Waals surface area (Å²) < 4.78 is 23.8. The van der Waals surface area contributed by atoms with Gasteiger partial charge in [-0.05, 0) is 53.6 Å². The SMILES string of the molecule is Cc1ccc(NC2CCS(=O)(=O)C2)cc1I. The van der Waals surface area contributed by atoms with E-state index in [-0.39, 0.29) is 11.8 Å². The fourth-order valence-electron chi connectivity index (χ4n) is 1.83. The first kappa shape index (κ1) is 12.2. The third-order valence-electron chi connectivity index (χ3n) is 2.78. The molecule has 0 aliphatic carbocycles. The van der Waals surface area contributed by atoms with Gasteiger partial charge in [0.05, 0.1) is 11.5 Å². The van der Waals surface area contributed by atoms with Gasteiger partial charge in [0.1, 0.15) is 0 Å². The van der Waals surface area contributed by atoms with Crippen LogP contribution in [0, 0.1) is 10.5 Å². The minimum atomic E-state index is -2.80. The van der Waals surface area contributed by atoms with Crippen LogP contribution in [0.1, 0.15) is 12.0 Å². The first-order chi connectivity index (χ1) is 7.46. The molecule has 0 spiro atoms. The number of nitrogens with one attached hydrogen (secondary N) is 1. The molecule has 0 aromatic heterocycles. The Labute approximate surface area is 110 Å². The molecule has 88 valence electrons. The molecule has 1 aliphatic heterocycles. The summed E-state index contributed by atoms with van der Waals surface area (Å²) in [5, 5.41) is 3.28. The highest BCUT2D eigenvalue weighted by Crippen LogP contribution is 2.21. The van der Waals surface area contributed by atoms with Crippen molar-refractivity contribution in [3.8, 4) is 0 Å². The highest BCUT2D eigenvalue weighted by Gasteiger charge is 2.27. The molecule has 2 rings (SSSR count). The van der Waals surface area contributed by atoms with E-state index in [1.54, 1.807) is 0 Å². The Morgan fingerprint density at radius 1 is 1.44 bits per heavy atom. The summed E-state index contributed by atoms with van der Waals surface area (Å²) in [5.74, 6) is 0.574. The zero-order valence-electron chi connectivity index (χ0n) is 9.03. The van der Waals surface area contributed by atoms with Gasteiger partial charge in [-0.3, -0.25) is 0 Å². The second-order valence-electron chi connectivity index (χ2n) is 4.21. The van der Waals surface area contributed by atoms with Gasteiger partial charge < -0.3 is 5.32 Å². The fourth-order valence-corrected chi connectivity index (χ4v) is 4.02. The van der Waals surface area contributed by atoms with Gasteiger partial charge in [0.15, 0.2) is 9.84 Å². The number of anilines is 1. The van der Waals surface area contributed by atoms with Crippen molar-refractivity contribution in [1.29, 1.82) is 0 Å². The van der Waals surface area contributed by atoms with Crippen LogP contribution in [-0.2, 0) is 9.84 Å².